The third kappa shape index (κ3) is 7.37. The van der Waals surface area contributed by atoms with E-state index < -0.39 is 0 Å². The second kappa shape index (κ2) is 10.9. The zero-order valence-electron chi connectivity index (χ0n) is 17.4. The molecular weight excluding hydrogens is 348 g/mol. The van der Waals surface area contributed by atoms with Gasteiger partial charge in [-0.05, 0) is 20.8 Å². The molecule has 156 valence electrons. The molecule has 27 heavy (non-hydrogen) atoms. The van der Waals surface area contributed by atoms with E-state index >= 15 is 0 Å². The number of carbonyl (C=O) groups is 2. The number of nitrogens with zero attached hydrogens (tertiary/aromatic N) is 4. The molecule has 2 fully saturated rings. The minimum atomic E-state index is -0.195. The van der Waals surface area contributed by atoms with Crippen molar-refractivity contribution in [3.05, 3.63) is 0 Å². The lowest BCUT2D eigenvalue weighted by atomic mass is 10.2. The van der Waals surface area contributed by atoms with Gasteiger partial charge in [-0.15, -0.1) is 0 Å². The van der Waals surface area contributed by atoms with E-state index in [0.717, 1.165) is 52.4 Å². The van der Waals surface area contributed by atoms with E-state index in [1.165, 1.54) is 7.11 Å². The van der Waals surface area contributed by atoms with Crippen molar-refractivity contribution in [1.82, 2.24) is 19.6 Å². The SMILES string of the molecule is COC(=O)CN1CCN(C(C)COC(=O)CN2CCN(C(C)C)CC2)CC1. The monoisotopic (exact) mass is 384 g/mol. The van der Waals surface area contributed by atoms with Gasteiger partial charge in [0.05, 0.1) is 20.2 Å². The minimum Gasteiger partial charge on any atom is -0.468 e. The van der Waals surface area contributed by atoms with Crippen LogP contribution in [-0.2, 0) is 19.1 Å². The summed E-state index contributed by atoms with van der Waals surface area (Å²) in [5.74, 6) is -0.330. The number of carbonyl (C=O) groups excluding carboxylic acids is 2. The Kier molecular flexibility index (Phi) is 8.95. The van der Waals surface area contributed by atoms with Crippen LogP contribution in [0.5, 0.6) is 0 Å². The molecule has 0 spiro atoms. The predicted octanol–water partition coefficient (Wildman–Crippen LogP) is -0.265. The molecule has 0 saturated carbocycles. The molecule has 0 bridgehead atoms. The number of piperazine rings is 2. The molecule has 0 aromatic carbocycles. The maximum Gasteiger partial charge on any atom is 0.320 e. The molecule has 2 saturated heterocycles. The van der Waals surface area contributed by atoms with Crippen LogP contribution in [0.4, 0.5) is 0 Å². The second-order valence-corrected chi connectivity index (χ2v) is 7.83. The molecule has 2 rings (SSSR count). The van der Waals surface area contributed by atoms with Crippen LogP contribution < -0.4 is 0 Å². The minimum absolute atomic E-state index is 0.135. The van der Waals surface area contributed by atoms with Gasteiger partial charge in [0.15, 0.2) is 0 Å². The Hall–Kier alpha value is -1.22. The van der Waals surface area contributed by atoms with Crippen LogP contribution in [0.15, 0.2) is 0 Å². The van der Waals surface area contributed by atoms with Gasteiger partial charge in [0.1, 0.15) is 6.61 Å². The molecule has 8 heteroatoms. The largest absolute Gasteiger partial charge is 0.468 e. The number of hydrogen-bond donors (Lipinski definition) is 0. The van der Waals surface area contributed by atoms with E-state index in [0.29, 0.717) is 25.7 Å². The highest BCUT2D eigenvalue weighted by Gasteiger charge is 2.24. The quantitative estimate of drug-likeness (QED) is 0.530. The highest BCUT2D eigenvalue weighted by atomic mass is 16.5. The summed E-state index contributed by atoms with van der Waals surface area (Å²) >= 11 is 0. The van der Waals surface area contributed by atoms with Crippen LogP contribution >= 0.6 is 0 Å². The highest BCUT2D eigenvalue weighted by molar-refractivity contribution is 5.72. The van der Waals surface area contributed by atoms with Crippen LogP contribution in [0.25, 0.3) is 0 Å². The summed E-state index contributed by atoms with van der Waals surface area (Å²) in [6.45, 7) is 14.9. The summed E-state index contributed by atoms with van der Waals surface area (Å²) in [6, 6.07) is 0.750. The van der Waals surface area contributed by atoms with Crippen molar-refractivity contribution in [2.75, 3.05) is 79.2 Å². The van der Waals surface area contributed by atoms with Gasteiger partial charge >= 0.3 is 11.9 Å². The van der Waals surface area contributed by atoms with Gasteiger partial charge < -0.3 is 9.47 Å². The van der Waals surface area contributed by atoms with Crippen LogP contribution in [-0.4, -0.2) is 123 Å². The molecule has 0 radical (unpaired) electrons. The molecule has 0 aromatic rings. The lowest BCUT2D eigenvalue weighted by Gasteiger charge is -2.37. The maximum absolute atomic E-state index is 12.2. The van der Waals surface area contributed by atoms with E-state index in [1.54, 1.807) is 0 Å². The summed E-state index contributed by atoms with van der Waals surface area (Å²) in [7, 11) is 1.42. The van der Waals surface area contributed by atoms with E-state index in [1.807, 2.05) is 0 Å². The first-order chi connectivity index (χ1) is 12.9. The Labute approximate surface area is 163 Å². The van der Waals surface area contributed by atoms with Crippen LogP contribution in [0, 0.1) is 0 Å². The van der Waals surface area contributed by atoms with Crippen LogP contribution in [0.3, 0.4) is 0 Å². The second-order valence-electron chi connectivity index (χ2n) is 7.83. The van der Waals surface area contributed by atoms with Gasteiger partial charge in [0.2, 0.25) is 0 Å². The van der Waals surface area contributed by atoms with E-state index in [4.69, 9.17) is 9.47 Å². The van der Waals surface area contributed by atoms with Crippen molar-refractivity contribution < 1.29 is 19.1 Å². The average molecular weight is 385 g/mol. The molecular formula is C19H36N4O4. The van der Waals surface area contributed by atoms with Crippen molar-refractivity contribution in [1.29, 1.82) is 0 Å². The first-order valence-corrected chi connectivity index (χ1v) is 10.0. The number of hydrogen-bond acceptors (Lipinski definition) is 8. The molecule has 2 aliphatic heterocycles. The molecule has 1 atom stereocenters. The van der Waals surface area contributed by atoms with Gasteiger partial charge in [0, 0.05) is 64.4 Å². The van der Waals surface area contributed by atoms with Crippen molar-refractivity contribution >= 4 is 11.9 Å². The third-order valence-electron chi connectivity index (χ3n) is 5.59. The van der Waals surface area contributed by atoms with Crippen molar-refractivity contribution in [2.45, 2.75) is 32.9 Å². The maximum atomic E-state index is 12.2. The summed E-state index contributed by atoms with van der Waals surface area (Å²) < 4.78 is 10.2. The Bertz CT molecular complexity index is 472. The molecule has 0 N–H and O–H groups in total. The van der Waals surface area contributed by atoms with Gasteiger partial charge in [0.25, 0.3) is 0 Å². The Morgan fingerprint density at radius 3 is 1.74 bits per heavy atom. The van der Waals surface area contributed by atoms with Crippen LogP contribution in [0.2, 0.25) is 0 Å². The van der Waals surface area contributed by atoms with Crippen molar-refractivity contribution in [3.8, 4) is 0 Å². The Balaban J connectivity index is 1.61. The fourth-order valence-electron chi connectivity index (χ4n) is 3.59. The topological polar surface area (TPSA) is 65.6 Å². The number of rotatable bonds is 8. The predicted molar refractivity (Wildman–Crippen MR) is 104 cm³/mol. The molecule has 2 heterocycles. The fourth-order valence-corrected chi connectivity index (χ4v) is 3.59. The summed E-state index contributed by atoms with van der Waals surface area (Å²) in [6.07, 6.45) is 0. The fraction of sp³-hybridized carbons (Fsp3) is 0.895. The molecule has 1 unspecified atom stereocenters. The van der Waals surface area contributed by atoms with E-state index in [-0.39, 0.29) is 18.0 Å². The Morgan fingerprint density at radius 1 is 0.778 bits per heavy atom. The lowest BCUT2D eigenvalue weighted by molar-refractivity contribution is -0.148. The average Bonchev–Trinajstić information content (AvgIpc) is 2.67. The van der Waals surface area contributed by atoms with Gasteiger partial charge in [-0.1, -0.05) is 0 Å². The smallest absolute Gasteiger partial charge is 0.320 e. The van der Waals surface area contributed by atoms with E-state index in [9.17, 15) is 9.59 Å². The zero-order chi connectivity index (χ0) is 19.8. The normalized spacial score (nSPS) is 22.0. The highest BCUT2D eigenvalue weighted by Crippen LogP contribution is 2.08. The standard InChI is InChI=1S/C19H36N4O4/c1-16(2)22-9-5-21(6-10-22)14-19(25)27-15-17(3)23-11-7-20(8-12-23)13-18(24)26-4/h16-17H,5-15H2,1-4H3. The third-order valence-corrected chi connectivity index (χ3v) is 5.59. The van der Waals surface area contributed by atoms with Gasteiger partial charge in [-0.25, -0.2) is 0 Å². The van der Waals surface area contributed by atoms with Crippen LogP contribution in [0.1, 0.15) is 20.8 Å². The van der Waals surface area contributed by atoms with Crippen molar-refractivity contribution in [2.24, 2.45) is 0 Å². The molecule has 2 aliphatic rings. The van der Waals surface area contributed by atoms with Crippen molar-refractivity contribution in [3.63, 3.8) is 0 Å². The summed E-state index contributed by atoms with van der Waals surface area (Å²) in [5, 5.41) is 0. The lowest BCUT2D eigenvalue weighted by Crippen LogP contribution is -2.52. The van der Waals surface area contributed by atoms with Gasteiger partial charge in [-0.3, -0.25) is 29.2 Å². The first kappa shape index (κ1) is 22.1. The Morgan fingerprint density at radius 2 is 1.26 bits per heavy atom. The summed E-state index contributed by atoms with van der Waals surface area (Å²) in [5.41, 5.74) is 0. The van der Waals surface area contributed by atoms with E-state index in [2.05, 4.69) is 40.4 Å². The summed E-state index contributed by atoms with van der Waals surface area (Å²) in [4.78, 5) is 32.5. The first-order valence-electron chi connectivity index (χ1n) is 10.0. The number of ether oxygens (including phenoxy) is 2. The molecule has 0 aliphatic carbocycles. The zero-order valence-corrected chi connectivity index (χ0v) is 17.4. The molecule has 0 amide bonds. The molecule has 0 aromatic heterocycles. The van der Waals surface area contributed by atoms with Gasteiger partial charge in [-0.2, -0.15) is 0 Å². The number of esters is 2. The molecule has 8 nitrogen and oxygen atoms in total. The number of methoxy groups -OCH3 is 1.